The van der Waals surface area contributed by atoms with Crippen LogP contribution in [0.2, 0.25) is 0 Å². The van der Waals surface area contributed by atoms with E-state index in [0.717, 1.165) is 0 Å². The van der Waals surface area contributed by atoms with Crippen LogP contribution < -0.4 is 0 Å². The fourth-order valence-electron chi connectivity index (χ4n) is 1.20. The number of carbonyl (C=O) groups is 1. The van der Waals surface area contributed by atoms with Gasteiger partial charge >= 0.3 is 5.97 Å². The van der Waals surface area contributed by atoms with Crippen molar-refractivity contribution in [3.05, 3.63) is 10.4 Å². The van der Waals surface area contributed by atoms with Crippen LogP contribution in [0.5, 0.6) is 0 Å². The number of nitrogens with zero attached hydrogens (tertiary/aromatic N) is 3. The van der Waals surface area contributed by atoms with Crippen LogP contribution in [0.3, 0.4) is 0 Å². The average molecular weight is 171 g/mol. The Bertz CT molecular complexity index is 236. The number of carbonyl (C=O) groups excluding carboxylic acids is 1. The van der Waals surface area contributed by atoms with Gasteiger partial charge in [-0.2, -0.15) is 0 Å². The van der Waals surface area contributed by atoms with Gasteiger partial charge in [0.05, 0.1) is 0 Å². The summed E-state index contributed by atoms with van der Waals surface area (Å²) in [7, 11) is 1.45. The van der Waals surface area contributed by atoms with Crippen LogP contribution in [-0.2, 0) is 14.3 Å². The summed E-state index contributed by atoms with van der Waals surface area (Å²) in [4.78, 5) is 13.5. The first-order chi connectivity index (χ1) is 5.70. The minimum Gasteiger partial charge on any atom is -0.459 e. The topological polar surface area (TPSA) is 84.3 Å². The van der Waals surface area contributed by atoms with E-state index in [4.69, 9.17) is 15.0 Å². The lowest BCUT2D eigenvalue weighted by Crippen LogP contribution is -2.30. The Hall–Kier alpha value is -1.26. The predicted octanol–water partition coefficient (Wildman–Crippen LogP) is 0.626. The molecule has 1 aliphatic rings. The summed E-state index contributed by atoms with van der Waals surface area (Å²) in [6, 6.07) is -0.838. The van der Waals surface area contributed by atoms with E-state index in [1.807, 2.05) is 0 Å². The van der Waals surface area contributed by atoms with Crippen molar-refractivity contribution >= 4 is 5.97 Å². The summed E-state index contributed by atoms with van der Waals surface area (Å²) in [5.74, 6) is -0.521. The van der Waals surface area contributed by atoms with Crippen molar-refractivity contribution in [2.24, 2.45) is 5.11 Å². The second kappa shape index (κ2) is 3.42. The van der Waals surface area contributed by atoms with Gasteiger partial charge in [0.2, 0.25) is 0 Å². The zero-order chi connectivity index (χ0) is 9.14. The molecule has 66 valence electrons. The van der Waals surface area contributed by atoms with E-state index in [-0.39, 0.29) is 6.10 Å². The second-order valence-corrected chi connectivity index (χ2v) is 2.49. The lowest BCUT2D eigenvalue weighted by molar-refractivity contribution is -0.141. The van der Waals surface area contributed by atoms with Crippen molar-refractivity contribution in [2.75, 3.05) is 7.11 Å². The van der Waals surface area contributed by atoms with Crippen molar-refractivity contribution in [1.29, 1.82) is 0 Å². The van der Waals surface area contributed by atoms with E-state index in [1.165, 1.54) is 7.11 Å². The van der Waals surface area contributed by atoms with Gasteiger partial charge in [0.25, 0.3) is 0 Å². The molecule has 0 bridgehead atoms. The molecule has 6 nitrogen and oxygen atoms in total. The van der Waals surface area contributed by atoms with Crippen LogP contribution in [0, 0.1) is 0 Å². The summed E-state index contributed by atoms with van der Waals surface area (Å²) in [6.07, 6.45) is -0.814. The van der Waals surface area contributed by atoms with Crippen LogP contribution in [0.1, 0.15) is 6.92 Å². The minimum absolute atomic E-state index is 0.349. The molecular formula is C6H9N3O3. The maximum Gasteiger partial charge on any atom is 0.318 e. The molecule has 1 saturated heterocycles. The van der Waals surface area contributed by atoms with Crippen molar-refractivity contribution in [1.82, 2.24) is 0 Å². The lowest BCUT2D eigenvalue weighted by atomic mass is 10.1. The molecule has 0 unspecified atom stereocenters. The lowest BCUT2D eigenvalue weighted by Gasteiger charge is -2.12. The number of ether oxygens (including phenoxy) is 2. The smallest absolute Gasteiger partial charge is 0.318 e. The molecule has 0 aromatic rings. The first-order valence-corrected chi connectivity index (χ1v) is 3.48. The van der Waals surface area contributed by atoms with E-state index in [9.17, 15) is 4.79 Å². The minimum atomic E-state index is -0.838. The fourth-order valence-corrected chi connectivity index (χ4v) is 1.20. The summed E-state index contributed by atoms with van der Waals surface area (Å²) in [5, 5.41) is 3.29. The Morgan fingerprint density at radius 1 is 1.75 bits per heavy atom. The van der Waals surface area contributed by atoms with E-state index < -0.39 is 18.1 Å². The van der Waals surface area contributed by atoms with Gasteiger partial charge in [-0.3, -0.25) is 4.79 Å². The van der Waals surface area contributed by atoms with Crippen LogP contribution in [0.15, 0.2) is 5.11 Å². The molecule has 0 aliphatic carbocycles. The highest BCUT2D eigenvalue weighted by Gasteiger charge is 2.42. The first kappa shape index (κ1) is 8.83. The quantitative estimate of drug-likeness (QED) is 0.264. The van der Waals surface area contributed by atoms with Crippen LogP contribution in [0.25, 0.3) is 10.4 Å². The van der Waals surface area contributed by atoms with Gasteiger partial charge in [-0.1, -0.05) is 5.11 Å². The predicted molar refractivity (Wildman–Crippen MR) is 39.3 cm³/mol. The first-order valence-electron chi connectivity index (χ1n) is 3.48. The zero-order valence-corrected chi connectivity index (χ0v) is 6.80. The Morgan fingerprint density at radius 3 is 2.92 bits per heavy atom. The number of azide groups is 1. The van der Waals surface area contributed by atoms with Gasteiger partial charge in [-0.15, -0.1) is 0 Å². The van der Waals surface area contributed by atoms with Gasteiger partial charge in [0, 0.05) is 12.0 Å². The standard InChI is InChI=1S/C6H9N3O3/c1-3-5(11-2)4(8-9-7)6(10)12-3/h3-5H,1-2H3/t3-,4-,5-/m0/s1. The molecule has 0 aromatic heterocycles. The molecule has 0 N–H and O–H groups in total. The summed E-state index contributed by atoms with van der Waals surface area (Å²) in [6.45, 7) is 1.69. The SMILES string of the molecule is CO[C@H]1[C@H](C)OC(=O)[C@H]1N=[N+]=[N-]. The fraction of sp³-hybridized carbons (Fsp3) is 0.833. The van der Waals surface area contributed by atoms with Gasteiger partial charge in [-0.05, 0) is 12.5 Å². The van der Waals surface area contributed by atoms with E-state index in [0.29, 0.717) is 0 Å². The molecule has 0 aromatic carbocycles. The van der Waals surface area contributed by atoms with Crippen molar-refractivity contribution in [2.45, 2.75) is 25.2 Å². The number of hydrogen-bond donors (Lipinski definition) is 0. The number of cyclic esters (lactones) is 1. The highest BCUT2D eigenvalue weighted by molar-refractivity contribution is 5.79. The zero-order valence-electron chi connectivity index (χ0n) is 6.80. The van der Waals surface area contributed by atoms with Gasteiger partial charge in [0.15, 0.2) is 6.04 Å². The van der Waals surface area contributed by atoms with Crippen LogP contribution in [0.4, 0.5) is 0 Å². The molecular weight excluding hydrogens is 162 g/mol. The molecule has 1 aliphatic heterocycles. The maximum absolute atomic E-state index is 11.0. The molecule has 1 fully saturated rings. The molecule has 0 radical (unpaired) electrons. The van der Waals surface area contributed by atoms with Crippen LogP contribution >= 0.6 is 0 Å². The van der Waals surface area contributed by atoms with Crippen molar-refractivity contribution in [3.63, 3.8) is 0 Å². The molecule has 0 amide bonds. The van der Waals surface area contributed by atoms with E-state index in [1.54, 1.807) is 6.92 Å². The third-order valence-electron chi connectivity index (χ3n) is 1.77. The Labute approximate surface area is 69.1 Å². The average Bonchev–Trinajstić information content (AvgIpc) is 2.28. The van der Waals surface area contributed by atoms with Crippen molar-refractivity contribution < 1.29 is 14.3 Å². The van der Waals surface area contributed by atoms with E-state index >= 15 is 0 Å². The third-order valence-corrected chi connectivity index (χ3v) is 1.77. The molecule has 0 spiro atoms. The summed E-state index contributed by atoms with van der Waals surface area (Å²) in [5.41, 5.74) is 8.14. The molecule has 6 heteroatoms. The number of esters is 1. The normalized spacial score (nSPS) is 34.2. The Balaban J connectivity index is 2.81. The largest absolute Gasteiger partial charge is 0.459 e. The van der Waals surface area contributed by atoms with E-state index in [2.05, 4.69) is 10.0 Å². The van der Waals surface area contributed by atoms with Crippen molar-refractivity contribution in [3.8, 4) is 0 Å². The molecule has 0 saturated carbocycles. The van der Waals surface area contributed by atoms with Gasteiger partial charge < -0.3 is 9.47 Å². The molecule has 3 atom stereocenters. The Kier molecular flexibility index (Phi) is 2.52. The Morgan fingerprint density at radius 2 is 2.42 bits per heavy atom. The summed E-state index contributed by atoms with van der Waals surface area (Å²) < 4.78 is 9.75. The molecule has 1 heterocycles. The summed E-state index contributed by atoms with van der Waals surface area (Å²) >= 11 is 0. The number of rotatable bonds is 2. The molecule has 1 rings (SSSR count). The van der Waals surface area contributed by atoms with Gasteiger partial charge in [-0.25, -0.2) is 0 Å². The van der Waals surface area contributed by atoms with Crippen LogP contribution in [-0.4, -0.2) is 31.3 Å². The molecule has 12 heavy (non-hydrogen) atoms. The second-order valence-electron chi connectivity index (χ2n) is 2.49. The van der Waals surface area contributed by atoms with Gasteiger partial charge in [0.1, 0.15) is 12.2 Å². The third kappa shape index (κ3) is 1.34. The highest BCUT2D eigenvalue weighted by Crippen LogP contribution is 2.20. The highest BCUT2D eigenvalue weighted by atomic mass is 16.6. The maximum atomic E-state index is 11.0. The number of methoxy groups -OCH3 is 1. The number of hydrogen-bond acceptors (Lipinski definition) is 4. The monoisotopic (exact) mass is 171 g/mol.